The molecular formula is C24H32N6O3. The van der Waals surface area contributed by atoms with Gasteiger partial charge in [0.05, 0.1) is 17.8 Å². The molecule has 9 heteroatoms. The normalized spacial score (nSPS) is 18.8. The van der Waals surface area contributed by atoms with Crippen LogP contribution >= 0.6 is 0 Å². The minimum absolute atomic E-state index is 0.0119. The molecule has 0 spiro atoms. The number of carbonyl (C=O) groups excluding carboxylic acids is 2. The molecular weight excluding hydrogens is 420 g/mol. The first-order valence-corrected chi connectivity index (χ1v) is 11.8. The molecule has 33 heavy (non-hydrogen) atoms. The molecule has 1 saturated heterocycles. The van der Waals surface area contributed by atoms with E-state index in [0.29, 0.717) is 48.5 Å². The van der Waals surface area contributed by atoms with Gasteiger partial charge in [-0.25, -0.2) is 9.97 Å². The smallest absolute Gasteiger partial charge is 0.255 e. The molecule has 2 aliphatic rings. The SMILES string of the molecule is CC(C)(C)[C@@H](NC(=O)c1c[nH]c2ncc(OC3CCCC3)nc12)C(=O)N1CCC(C#N)CC1. The summed E-state index contributed by atoms with van der Waals surface area (Å²) in [5.41, 5.74) is 0.765. The number of H-pyrrole nitrogens is 1. The first-order chi connectivity index (χ1) is 15.8. The van der Waals surface area contributed by atoms with Crippen LogP contribution in [0.3, 0.4) is 0 Å². The van der Waals surface area contributed by atoms with E-state index in [9.17, 15) is 9.59 Å². The highest BCUT2D eigenvalue weighted by molar-refractivity contribution is 6.06. The number of fused-ring (bicyclic) bond motifs is 1. The van der Waals surface area contributed by atoms with Crippen LogP contribution in [0.1, 0.15) is 69.7 Å². The van der Waals surface area contributed by atoms with Gasteiger partial charge in [-0.05, 0) is 43.9 Å². The number of hydrogen-bond donors (Lipinski definition) is 2. The van der Waals surface area contributed by atoms with E-state index in [-0.39, 0.29) is 23.8 Å². The number of aromatic nitrogens is 3. The minimum atomic E-state index is -0.709. The van der Waals surface area contributed by atoms with Crippen LogP contribution in [0.15, 0.2) is 12.4 Å². The lowest BCUT2D eigenvalue weighted by Crippen LogP contribution is -2.56. The van der Waals surface area contributed by atoms with Crippen molar-refractivity contribution in [1.29, 1.82) is 5.26 Å². The number of amides is 2. The number of ether oxygens (including phenoxy) is 1. The lowest BCUT2D eigenvalue weighted by atomic mass is 9.85. The van der Waals surface area contributed by atoms with Crippen LogP contribution in [-0.2, 0) is 4.79 Å². The number of nitrogens with zero attached hydrogens (tertiary/aromatic N) is 4. The molecule has 0 radical (unpaired) electrons. The lowest BCUT2D eigenvalue weighted by molar-refractivity contribution is -0.137. The van der Waals surface area contributed by atoms with Gasteiger partial charge >= 0.3 is 0 Å². The molecule has 1 atom stereocenters. The maximum atomic E-state index is 13.3. The van der Waals surface area contributed by atoms with Crippen LogP contribution < -0.4 is 10.1 Å². The summed E-state index contributed by atoms with van der Waals surface area (Å²) < 4.78 is 5.96. The van der Waals surface area contributed by atoms with Crippen LogP contribution in [0.25, 0.3) is 11.2 Å². The Bertz CT molecular complexity index is 1050. The maximum Gasteiger partial charge on any atom is 0.255 e. The second-order valence-corrected chi connectivity index (χ2v) is 10.1. The molecule has 2 N–H and O–H groups in total. The largest absolute Gasteiger partial charge is 0.473 e. The predicted molar refractivity (Wildman–Crippen MR) is 122 cm³/mol. The van der Waals surface area contributed by atoms with Crippen molar-refractivity contribution in [2.45, 2.75) is 71.4 Å². The molecule has 1 aliphatic carbocycles. The van der Waals surface area contributed by atoms with Crippen molar-refractivity contribution in [2.24, 2.45) is 11.3 Å². The van der Waals surface area contributed by atoms with E-state index >= 15 is 0 Å². The van der Waals surface area contributed by atoms with Gasteiger partial charge in [-0.2, -0.15) is 5.26 Å². The van der Waals surface area contributed by atoms with Gasteiger partial charge in [0.15, 0.2) is 5.65 Å². The molecule has 2 aromatic heterocycles. The fourth-order valence-electron chi connectivity index (χ4n) is 4.55. The van der Waals surface area contributed by atoms with Crippen LogP contribution in [0.2, 0.25) is 0 Å². The Morgan fingerprint density at radius 1 is 1.24 bits per heavy atom. The summed E-state index contributed by atoms with van der Waals surface area (Å²) >= 11 is 0. The molecule has 4 rings (SSSR count). The van der Waals surface area contributed by atoms with Gasteiger partial charge in [-0.1, -0.05) is 20.8 Å². The van der Waals surface area contributed by atoms with Crippen molar-refractivity contribution in [3.63, 3.8) is 0 Å². The molecule has 0 aromatic carbocycles. The van der Waals surface area contributed by atoms with Gasteiger partial charge in [0.1, 0.15) is 17.7 Å². The summed E-state index contributed by atoms with van der Waals surface area (Å²) in [5.74, 6) is -0.105. The minimum Gasteiger partial charge on any atom is -0.473 e. The summed E-state index contributed by atoms with van der Waals surface area (Å²) in [4.78, 5) is 40.2. The summed E-state index contributed by atoms with van der Waals surface area (Å²) in [6, 6.07) is 1.57. The van der Waals surface area contributed by atoms with Gasteiger partial charge in [0.2, 0.25) is 11.8 Å². The highest BCUT2D eigenvalue weighted by atomic mass is 16.5. The van der Waals surface area contributed by atoms with E-state index in [4.69, 9.17) is 10.00 Å². The van der Waals surface area contributed by atoms with Crippen molar-refractivity contribution in [1.82, 2.24) is 25.2 Å². The molecule has 2 amide bonds. The maximum absolute atomic E-state index is 13.3. The molecule has 176 valence electrons. The van der Waals surface area contributed by atoms with Crippen LogP contribution in [0, 0.1) is 22.7 Å². The third kappa shape index (κ3) is 5.10. The molecule has 0 unspecified atom stereocenters. The Balaban J connectivity index is 1.52. The molecule has 2 fully saturated rings. The standard InChI is InChI=1S/C24H32N6O3/c1-24(2,3)20(23(32)30-10-8-15(12-25)9-11-30)29-22(31)17-13-26-21-19(17)28-18(14-27-21)33-16-6-4-5-7-16/h13-16,20H,4-11H2,1-3H3,(H,26,27)(H,29,31)/t20-/m0/s1. The van der Waals surface area contributed by atoms with E-state index in [0.717, 1.165) is 25.7 Å². The Morgan fingerprint density at radius 3 is 2.58 bits per heavy atom. The number of hydrogen-bond acceptors (Lipinski definition) is 6. The van der Waals surface area contributed by atoms with E-state index in [1.165, 1.54) is 0 Å². The topological polar surface area (TPSA) is 124 Å². The molecule has 1 saturated carbocycles. The number of likely N-dealkylation sites (tertiary alicyclic amines) is 1. The summed E-state index contributed by atoms with van der Waals surface area (Å²) in [7, 11) is 0. The highest BCUT2D eigenvalue weighted by Gasteiger charge is 2.37. The Labute approximate surface area is 193 Å². The zero-order valence-electron chi connectivity index (χ0n) is 19.6. The summed E-state index contributed by atoms with van der Waals surface area (Å²) in [5, 5.41) is 12.1. The number of rotatable bonds is 5. The van der Waals surface area contributed by atoms with Crippen LogP contribution in [-0.4, -0.2) is 56.9 Å². The van der Waals surface area contributed by atoms with Crippen molar-refractivity contribution < 1.29 is 14.3 Å². The zero-order chi connectivity index (χ0) is 23.6. The third-order valence-corrected chi connectivity index (χ3v) is 6.57. The Kier molecular flexibility index (Phi) is 6.54. The van der Waals surface area contributed by atoms with Gasteiger partial charge in [-0.3, -0.25) is 9.59 Å². The van der Waals surface area contributed by atoms with E-state index < -0.39 is 11.5 Å². The van der Waals surface area contributed by atoms with Gasteiger partial charge in [-0.15, -0.1) is 0 Å². The van der Waals surface area contributed by atoms with Crippen molar-refractivity contribution >= 4 is 23.0 Å². The first kappa shape index (κ1) is 23.0. The van der Waals surface area contributed by atoms with E-state index in [1.54, 1.807) is 17.3 Å². The average Bonchev–Trinajstić information content (AvgIpc) is 3.46. The van der Waals surface area contributed by atoms with Crippen LogP contribution in [0.5, 0.6) is 5.88 Å². The fraction of sp³-hybridized carbons (Fsp3) is 0.625. The van der Waals surface area contributed by atoms with Crippen molar-refractivity contribution in [3.8, 4) is 11.9 Å². The second-order valence-electron chi connectivity index (χ2n) is 10.1. The predicted octanol–water partition coefficient (Wildman–Crippen LogP) is 3.19. The quantitative estimate of drug-likeness (QED) is 0.718. The van der Waals surface area contributed by atoms with Gasteiger partial charge in [0, 0.05) is 25.2 Å². The molecule has 1 aliphatic heterocycles. The summed E-state index contributed by atoms with van der Waals surface area (Å²) in [6.45, 7) is 6.85. The van der Waals surface area contributed by atoms with Crippen molar-refractivity contribution in [3.05, 3.63) is 18.0 Å². The molecule has 3 heterocycles. The number of nitrogens with one attached hydrogen (secondary N) is 2. The lowest BCUT2D eigenvalue weighted by Gasteiger charge is -2.37. The van der Waals surface area contributed by atoms with Gasteiger partial charge < -0.3 is 19.9 Å². The zero-order valence-corrected chi connectivity index (χ0v) is 19.6. The van der Waals surface area contributed by atoms with Gasteiger partial charge in [0.25, 0.3) is 5.91 Å². The Morgan fingerprint density at radius 2 is 1.94 bits per heavy atom. The number of aromatic amines is 1. The van der Waals surface area contributed by atoms with E-state index in [2.05, 4.69) is 26.3 Å². The Hall–Kier alpha value is -3.15. The first-order valence-electron chi connectivity index (χ1n) is 11.8. The highest BCUT2D eigenvalue weighted by Crippen LogP contribution is 2.27. The van der Waals surface area contributed by atoms with Crippen LogP contribution in [0.4, 0.5) is 0 Å². The molecule has 9 nitrogen and oxygen atoms in total. The molecule has 2 aromatic rings. The number of carbonyl (C=O) groups is 2. The number of nitriles is 1. The van der Waals surface area contributed by atoms with E-state index in [1.807, 2.05) is 20.8 Å². The third-order valence-electron chi connectivity index (χ3n) is 6.57. The fourth-order valence-corrected chi connectivity index (χ4v) is 4.55. The summed E-state index contributed by atoms with van der Waals surface area (Å²) in [6.07, 6.45) is 8.91. The molecule has 0 bridgehead atoms. The number of piperidine rings is 1. The van der Waals surface area contributed by atoms with Crippen molar-refractivity contribution in [2.75, 3.05) is 13.1 Å². The average molecular weight is 453 g/mol. The monoisotopic (exact) mass is 452 g/mol. The second kappa shape index (κ2) is 9.38.